The van der Waals surface area contributed by atoms with Crippen LogP contribution in [0.5, 0.6) is 5.75 Å². The second kappa shape index (κ2) is 6.80. The van der Waals surface area contributed by atoms with Crippen LogP contribution in [0.1, 0.15) is 17.3 Å². The molecule has 0 radical (unpaired) electrons. The lowest BCUT2D eigenvalue weighted by molar-refractivity contribution is -0.118. The number of carbonyl (C=O) groups excluding carboxylic acids is 2. The zero-order valence-electron chi connectivity index (χ0n) is 14.1. The van der Waals surface area contributed by atoms with Gasteiger partial charge in [0.05, 0.1) is 21.5 Å². The third-order valence-electron chi connectivity index (χ3n) is 4.14. The van der Waals surface area contributed by atoms with Crippen LogP contribution in [0.4, 0.5) is 5.69 Å². The number of carbonyl (C=O) groups is 2. The van der Waals surface area contributed by atoms with Gasteiger partial charge in [-0.05, 0) is 37.3 Å². The summed E-state index contributed by atoms with van der Waals surface area (Å²) in [5.74, 6) is 0.343. The van der Waals surface area contributed by atoms with Gasteiger partial charge < -0.3 is 10.1 Å². The number of fused-ring (bicyclic) bond motifs is 2. The molecule has 130 valence electrons. The smallest absolute Gasteiger partial charge is 0.262 e. The molecule has 1 N–H and O–H groups in total. The molecule has 2 heterocycles. The lowest BCUT2D eigenvalue weighted by Crippen LogP contribution is -2.25. The molecule has 0 bridgehead atoms. The number of Topliss-reactive ketones (excluding diaryl/α,β-unsaturated/α-hetero) is 1. The zero-order chi connectivity index (χ0) is 18.1. The third-order valence-corrected chi connectivity index (χ3v) is 5.17. The summed E-state index contributed by atoms with van der Waals surface area (Å²) in [5, 5.41) is 4.30. The van der Waals surface area contributed by atoms with Crippen LogP contribution in [0.15, 0.2) is 59.6 Å². The van der Waals surface area contributed by atoms with Crippen LogP contribution in [0.25, 0.3) is 10.9 Å². The van der Waals surface area contributed by atoms with E-state index in [0.29, 0.717) is 17.0 Å². The number of rotatable bonds is 4. The molecule has 0 saturated heterocycles. The van der Waals surface area contributed by atoms with E-state index in [0.717, 1.165) is 15.9 Å². The first-order valence-electron chi connectivity index (χ1n) is 8.23. The fraction of sp³-hybridized carbons (Fsp3) is 0.150. The molecule has 1 aliphatic heterocycles. The molecule has 0 saturated carbocycles. The molecule has 1 amide bonds. The number of hydrogen-bond acceptors (Lipinski definition) is 5. The van der Waals surface area contributed by atoms with E-state index in [1.54, 1.807) is 18.2 Å². The molecule has 26 heavy (non-hydrogen) atoms. The van der Waals surface area contributed by atoms with E-state index < -0.39 is 0 Å². The summed E-state index contributed by atoms with van der Waals surface area (Å²) in [6, 6.07) is 16.9. The fourth-order valence-corrected chi connectivity index (χ4v) is 3.72. The molecule has 0 spiro atoms. The number of aromatic nitrogens is 1. The standard InChI is InChI=1S/C20H16N2O3S/c1-12(26-19-9-7-13-4-2-3-5-15(13)22-19)20(24)14-6-8-17-16(10-14)21-18(23)11-25-17/h2-10,12H,11H2,1H3,(H,21,23)/t12-/m0/s1. The molecule has 0 fully saturated rings. The lowest BCUT2D eigenvalue weighted by Gasteiger charge is -2.19. The van der Waals surface area contributed by atoms with Crippen LogP contribution in [0, 0.1) is 0 Å². The Kier molecular flexibility index (Phi) is 4.34. The lowest BCUT2D eigenvalue weighted by atomic mass is 10.1. The highest BCUT2D eigenvalue weighted by atomic mass is 32.2. The van der Waals surface area contributed by atoms with E-state index in [-0.39, 0.29) is 23.5 Å². The summed E-state index contributed by atoms with van der Waals surface area (Å²) in [5.41, 5.74) is 1.98. The predicted octanol–water partition coefficient (Wildman–Crippen LogP) is 3.93. The van der Waals surface area contributed by atoms with Gasteiger partial charge in [0.25, 0.3) is 5.91 Å². The van der Waals surface area contributed by atoms with E-state index in [9.17, 15) is 9.59 Å². The van der Waals surface area contributed by atoms with E-state index in [1.807, 2.05) is 43.3 Å². The minimum atomic E-state index is -0.304. The van der Waals surface area contributed by atoms with Crippen LogP contribution >= 0.6 is 11.8 Å². The van der Waals surface area contributed by atoms with Crippen molar-refractivity contribution in [3.8, 4) is 5.75 Å². The summed E-state index contributed by atoms with van der Waals surface area (Å²) < 4.78 is 5.33. The molecular formula is C20H16N2O3S. The van der Waals surface area contributed by atoms with Gasteiger partial charge in [0.2, 0.25) is 0 Å². The van der Waals surface area contributed by atoms with Gasteiger partial charge in [-0.25, -0.2) is 4.98 Å². The van der Waals surface area contributed by atoms with E-state index in [2.05, 4.69) is 10.3 Å². The van der Waals surface area contributed by atoms with Crippen molar-refractivity contribution in [3.63, 3.8) is 0 Å². The molecule has 2 aromatic carbocycles. The van der Waals surface area contributed by atoms with Crippen molar-refractivity contribution in [1.29, 1.82) is 0 Å². The van der Waals surface area contributed by atoms with Crippen molar-refractivity contribution in [2.75, 3.05) is 11.9 Å². The number of amides is 1. The Hall–Kier alpha value is -2.86. The highest BCUT2D eigenvalue weighted by Gasteiger charge is 2.21. The summed E-state index contributed by atoms with van der Waals surface area (Å²) in [6.45, 7) is 1.86. The normalized spacial score (nSPS) is 14.3. The molecule has 5 nitrogen and oxygen atoms in total. The maximum absolute atomic E-state index is 12.8. The second-order valence-corrected chi connectivity index (χ2v) is 7.38. The van der Waals surface area contributed by atoms with Gasteiger partial charge in [0, 0.05) is 10.9 Å². The molecule has 1 aromatic heterocycles. The maximum atomic E-state index is 12.8. The monoisotopic (exact) mass is 364 g/mol. The number of hydrogen-bond donors (Lipinski definition) is 1. The molecule has 4 rings (SSSR count). The Morgan fingerprint density at radius 1 is 1.19 bits per heavy atom. The van der Waals surface area contributed by atoms with Gasteiger partial charge in [-0.15, -0.1) is 0 Å². The number of benzene rings is 2. The van der Waals surface area contributed by atoms with Crippen molar-refractivity contribution in [1.82, 2.24) is 4.98 Å². The first-order chi connectivity index (χ1) is 12.6. The van der Waals surface area contributed by atoms with Crippen LogP contribution < -0.4 is 10.1 Å². The number of ketones is 1. The number of nitrogens with one attached hydrogen (secondary N) is 1. The van der Waals surface area contributed by atoms with Crippen molar-refractivity contribution < 1.29 is 14.3 Å². The van der Waals surface area contributed by atoms with Crippen LogP contribution in [-0.2, 0) is 4.79 Å². The Bertz CT molecular complexity index is 1020. The maximum Gasteiger partial charge on any atom is 0.262 e. The first kappa shape index (κ1) is 16.6. The molecule has 0 aliphatic carbocycles. The van der Waals surface area contributed by atoms with E-state index in [1.165, 1.54) is 11.8 Å². The molecule has 6 heteroatoms. The predicted molar refractivity (Wildman–Crippen MR) is 102 cm³/mol. The highest BCUT2D eigenvalue weighted by Crippen LogP contribution is 2.31. The molecule has 1 aliphatic rings. The van der Waals surface area contributed by atoms with Gasteiger partial charge >= 0.3 is 0 Å². The average molecular weight is 364 g/mol. The zero-order valence-corrected chi connectivity index (χ0v) is 14.9. The largest absolute Gasteiger partial charge is 0.482 e. The SMILES string of the molecule is C[C@H](Sc1ccc2ccccc2n1)C(=O)c1ccc2c(c1)NC(=O)CO2. The van der Waals surface area contributed by atoms with Crippen LogP contribution in [-0.4, -0.2) is 28.5 Å². The Morgan fingerprint density at radius 3 is 2.92 bits per heavy atom. The minimum absolute atomic E-state index is 0.000179. The van der Waals surface area contributed by atoms with Gasteiger partial charge in [0.15, 0.2) is 12.4 Å². The Balaban J connectivity index is 1.53. The quantitative estimate of drug-likeness (QED) is 0.561. The van der Waals surface area contributed by atoms with Crippen molar-refractivity contribution in [2.45, 2.75) is 17.2 Å². The van der Waals surface area contributed by atoms with Crippen molar-refractivity contribution >= 4 is 40.0 Å². The van der Waals surface area contributed by atoms with Crippen molar-refractivity contribution in [3.05, 3.63) is 60.2 Å². The van der Waals surface area contributed by atoms with Gasteiger partial charge in [-0.3, -0.25) is 9.59 Å². The number of pyridine rings is 1. The Labute approximate surface area is 154 Å². The molecule has 3 aromatic rings. The fourth-order valence-electron chi connectivity index (χ4n) is 2.82. The number of para-hydroxylation sites is 1. The summed E-state index contributed by atoms with van der Waals surface area (Å²) in [6.07, 6.45) is 0. The molecule has 1 atom stereocenters. The van der Waals surface area contributed by atoms with Gasteiger partial charge in [-0.1, -0.05) is 36.0 Å². The molecule has 0 unspecified atom stereocenters. The Morgan fingerprint density at radius 2 is 2.04 bits per heavy atom. The number of anilines is 1. The summed E-state index contributed by atoms with van der Waals surface area (Å²) in [7, 11) is 0. The van der Waals surface area contributed by atoms with E-state index in [4.69, 9.17) is 4.74 Å². The first-order valence-corrected chi connectivity index (χ1v) is 9.11. The van der Waals surface area contributed by atoms with Gasteiger partial charge in [-0.2, -0.15) is 0 Å². The van der Waals surface area contributed by atoms with Crippen LogP contribution in [0.3, 0.4) is 0 Å². The van der Waals surface area contributed by atoms with Gasteiger partial charge in [0.1, 0.15) is 5.75 Å². The number of thioether (sulfide) groups is 1. The number of nitrogens with zero attached hydrogens (tertiary/aromatic N) is 1. The highest BCUT2D eigenvalue weighted by molar-refractivity contribution is 8.00. The third kappa shape index (κ3) is 3.28. The molecular weight excluding hydrogens is 348 g/mol. The minimum Gasteiger partial charge on any atom is -0.482 e. The van der Waals surface area contributed by atoms with Crippen molar-refractivity contribution in [2.24, 2.45) is 0 Å². The van der Waals surface area contributed by atoms with E-state index >= 15 is 0 Å². The topological polar surface area (TPSA) is 68.3 Å². The average Bonchev–Trinajstić information content (AvgIpc) is 2.66. The van der Waals surface area contributed by atoms with Crippen LogP contribution in [0.2, 0.25) is 0 Å². The number of ether oxygens (including phenoxy) is 1. The summed E-state index contributed by atoms with van der Waals surface area (Å²) in [4.78, 5) is 28.8. The summed E-state index contributed by atoms with van der Waals surface area (Å²) >= 11 is 1.42. The second-order valence-electron chi connectivity index (χ2n) is 6.01.